The third-order valence-electron chi connectivity index (χ3n) is 4.90. The molecule has 0 amide bonds. The van der Waals surface area contributed by atoms with E-state index in [0.29, 0.717) is 0 Å². The molecule has 21 heavy (non-hydrogen) atoms. The van der Waals surface area contributed by atoms with Crippen molar-refractivity contribution in [1.29, 1.82) is 0 Å². The number of nitrogens with one attached hydrogen (secondary N) is 1. The Balaban J connectivity index is 1.96. The maximum Gasteiger partial charge on any atom is 0.126 e. The van der Waals surface area contributed by atoms with Crippen LogP contribution >= 0.6 is 0 Å². The van der Waals surface area contributed by atoms with Crippen LogP contribution in [-0.4, -0.2) is 31.1 Å². The van der Waals surface area contributed by atoms with Gasteiger partial charge in [-0.2, -0.15) is 0 Å². The number of hydrogen-bond donors (Lipinski definition) is 1. The van der Waals surface area contributed by atoms with Crippen molar-refractivity contribution in [2.24, 2.45) is 0 Å². The molecule has 2 nitrogen and oxygen atoms in total. The lowest BCUT2D eigenvalue weighted by Crippen LogP contribution is -2.35. The Kier molecular flexibility index (Phi) is 6.19. The minimum absolute atomic E-state index is 0.101. The maximum atomic E-state index is 13.7. The zero-order chi connectivity index (χ0) is 15.2. The lowest BCUT2D eigenvalue weighted by molar-refractivity contribution is 0.199. The first kappa shape index (κ1) is 16.4. The maximum absolute atomic E-state index is 13.7. The number of rotatable bonds is 7. The van der Waals surface area contributed by atoms with Crippen LogP contribution in [0.2, 0.25) is 0 Å². The largest absolute Gasteiger partial charge is 0.313 e. The molecule has 0 spiro atoms. The second-order valence-electron chi connectivity index (χ2n) is 6.21. The molecule has 1 saturated carbocycles. The normalized spacial score (nSPS) is 17.6. The molecule has 0 heterocycles. The molecule has 1 unspecified atom stereocenters. The Morgan fingerprint density at radius 3 is 2.62 bits per heavy atom. The summed E-state index contributed by atoms with van der Waals surface area (Å²) in [6, 6.07) is 6.61. The van der Waals surface area contributed by atoms with E-state index in [4.69, 9.17) is 0 Å². The van der Waals surface area contributed by atoms with Gasteiger partial charge in [0.15, 0.2) is 0 Å². The van der Waals surface area contributed by atoms with E-state index in [1.165, 1.54) is 25.7 Å². The predicted molar refractivity (Wildman–Crippen MR) is 87.1 cm³/mol. The van der Waals surface area contributed by atoms with Crippen molar-refractivity contribution in [2.45, 2.75) is 58.0 Å². The van der Waals surface area contributed by atoms with Crippen LogP contribution in [0.1, 0.15) is 56.2 Å². The van der Waals surface area contributed by atoms with Gasteiger partial charge in [0, 0.05) is 18.6 Å². The minimum Gasteiger partial charge on any atom is -0.313 e. The van der Waals surface area contributed by atoms with Gasteiger partial charge in [-0.25, -0.2) is 4.39 Å². The van der Waals surface area contributed by atoms with E-state index in [9.17, 15) is 4.39 Å². The van der Waals surface area contributed by atoms with Crippen molar-refractivity contribution >= 4 is 0 Å². The Morgan fingerprint density at radius 2 is 2.05 bits per heavy atom. The number of benzene rings is 1. The molecule has 3 heteroatoms. The van der Waals surface area contributed by atoms with Gasteiger partial charge in [0.05, 0.1) is 0 Å². The van der Waals surface area contributed by atoms with E-state index < -0.39 is 0 Å². The fraction of sp³-hybridized carbons (Fsp3) is 0.667. The number of aryl methyl sites for hydroxylation is 1. The predicted octanol–water partition coefficient (Wildman–Crippen LogP) is 4.05. The van der Waals surface area contributed by atoms with Gasteiger partial charge in [-0.05, 0) is 57.0 Å². The molecular formula is C18H29FN2. The molecule has 0 radical (unpaired) electrons. The second kappa shape index (κ2) is 7.90. The summed E-state index contributed by atoms with van der Waals surface area (Å²) in [5.41, 5.74) is 1.78. The zero-order valence-electron chi connectivity index (χ0n) is 13.7. The summed E-state index contributed by atoms with van der Waals surface area (Å²) in [6.45, 7) is 6.26. The number of nitrogens with zero attached hydrogens (tertiary/aromatic N) is 1. The summed E-state index contributed by atoms with van der Waals surface area (Å²) >= 11 is 0. The highest BCUT2D eigenvalue weighted by atomic mass is 19.1. The monoisotopic (exact) mass is 292 g/mol. The van der Waals surface area contributed by atoms with Crippen molar-refractivity contribution in [2.75, 3.05) is 20.1 Å². The molecule has 118 valence electrons. The van der Waals surface area contributed by atoms with Crippen LogP contribution in [0.25, 0.3) is 0 Å². The Morgan fingerprint density at radius 1 is 1.33 bits per heavy atom. The van der Waals surface area contributed by atoms with Gasteiger partial charge >= 0.3 is 0 Å². The highest BCUT2D eigenvalue weighted by molar-refractivity contribution is 5.25. The molecule has 0 aliphatic heterocycles. The molecule has 0 bridgehead atoms. The van der Waals surface area contributed by atoms with Gasteiger partial charge in [-0.15, -0.1) is 0 Å². The van der Waals surface area contributed by atoms with Gasteiger partial charge in [0.2, 0.25) is 0 Å². The molecule has 2 rings (SSSR count). The summed E-state index contributed by atoms with van der Waals surface area (Å²) in [7, 11) is 1.97. The van der Waals surface area contributed by atoms with Gasteiger partial charge in [0.25, 0.3) is 0 Å². The molecule has 1 aromatic carbocycles. The van der Waals surface area contributed by atoms with Crippen LogP contribution in [0.15, 0.2) is 18.2 Å². The summed E-state index contributed by atoms with van der Waals surface area (Å²) in [4.78, 5) is 2.60. The number of halogens is 1. The van der Waals surface area contributed by atoms with Crippen LogP contribution in [0.5, 0.6) is 0 Å². The van der Waals surface area contributed by atoms with E-state index in [1.54, 1.807) is 6.07 Å². The van der Waals surface area contributed by atoms with Crippen molar-refractivity contribution in [3.05, 3.63) is 35.1 Å². The van der Waals surface area contributed by atoms with Crippen LogP contribution in [0.4, 0.5) is 4.39 Å². The van der Waals surface area contributed by atoms with Crippen LogP contribution < -0.4 is 5.32 Å². The molecule has 0 aromatic heterocycles. The topological polar surface area (TPSA) is 15.3 Å². The summed E-state index contributed by atoms with van der Waals surface area (Å²) in [5, 5.41) is 3.34. The average molecular weight is 292 g/mol. The summed E-state index contributed by atoms with van der Waals surface area (Å²) < 4.78 is 13.7. The fourth-order valence-corrected chi connectivity index (χ4v) is 3.47. The van der Waals surface area contributed by atoms with Crippen LogP contribution in [0.3, 0.4) is 0 Å². The molecule has 1 aliphatic carbocycles. The first-order valence-electron chi connectivity index (χ1n) is 8.33. The Hall–Kier alpha value is -0.930. The third-order valence-corrected chi connectivity index (χ3v) is 4.90. The van der Waals surface area contributed by atoms with Crippen molar-refractivity contribution in [1.82, 2.24) is 10.2 Å². The van der Waals surface area contributed by atoms with Crippen molar-refractivity contribution < 1.29 is 4.39 Å². The minimum atomic E-state index is -0.101. The van der Waals surface area contributed by atoms with Gasteiger partial charge < -0.3 is 10.2 Å². The van der Waals surface area contributed by atoms with Gasteiger partial charge in [-0.1, -0.05) is 31.9 Å². The summed E-state index contributed by atoms with van der Waals surface area (Å²) in [6.07, 6.45) is 6.47. The Bertz CT molecular complexity index is 441. The van der Waals surface area contributed by atoms with Crippen LogP contribution in [0, 0.1) is 12.7 Å². The van der Waals surface area contributed by atoms with E-state index in [0.717, 1.165) is 36.7 Å². The lowest BCUT2D eigenvalue weighted by atomic mass is 10.0. The number of hydrogen-bond acceptors (Lipinski definition) is 2. The van der Waals surface area contributed by atoms with Gasteiger partial charge in [0.1, 0.15) is 5.82 Å². The molecule has 1 aliphatic rings. The molecule has 1 N–H and O–H groups in total. The first-order chi connectivity index (χ1) is 10.2. The lowest BCUT2D eigenvalue weighted by Gasteiger charge is -2.29. The molecular weight excluding hydrogens is 263 g/mol. The third kappa shape index (κ3) is 4.27. The quantitative estimate of drug-likeness (QED) is 0.815. The Labute approximate surface area is 128 Å². The SMILES string of the molecule is CCN(CCC(NC)c1ccc(C)c(F)c1)C1CCCC1. The van der Waals surface area contributed by atoms with Gasteiger partial charge in [-0.3, -0.25) is 0 Å². The van der Waals surface area contributed by atoms with E-state index >= 15 is 0 Å². The second-order valence-corrected chi connectivity index (χ2v) is 6.21. The van der Waals surface area contributed by atoms with Crippen molar-refractivity contribution in [3.63, 3.8) is 0 Å². The van der Waals surface area contributed by atoms with Crippen LogP contribution in [-0.2, 0) is 0 Å². The molecule has 1 atom stereocenters. The summed E-state index contributed by atoms with van der Waals surface area (Å²) in [5.74, 6) is -0.101. The van der Waals surface area contributed by atoms with E-state index in [2.05, 4.69) is 17.1 Å². The smallest absolute Gasteiger partial charge is 0.126 e. The average Bonchev–Trinajstić information content (AvgIpc) is 3.01. The zero-order valence-corrected chi connectivity index (χ0v) is 13.7. The van der Waals surface area contributed by atoms with E-state index in [-0.39, 0.29) is 11.9 Å². The fourth-order valence-electron chi connectivity index (χ4n) is 3.47. The molecule has 1 fully saturated rings. The van der Waals surface area contributed by atoms with E-state index in [1.807, 2.05) is 26.1 Å². The molecule has 0 saturated heterocycles. The standard InChI is InChI=1S/C18H29FN2/c1-4-21(16-7-5-6-8-16)12-11-18(20-3)15-10-9-14(2)17(19)13-15/h9-10,13,16,18,20H,4-8,11-12H2,1-3H3. The first-order valence-corrected chi connectivity index (χ1v) is 8.33. The highest BCUT2D eigenvalue weighted by Crippen LogP contribution is 2.25. The highest BCUT2D eigenvalue weighted by Gasteiger charge is 2.22. The molecule has 1 aromatic rings. The van der Waals surface area contributed by atoms with Crippen molar-refractivity contribution in [3.8, 4) is 0 Å².